The number of hydrogen-bond acceptors (Lipinski definition) is 0. The van der Waals surface area contributed by atoms with E-state index in [2.05, 4.69) is 6.58 Å². The molecule has 0 bridgehead atoms. The molecule has 8 heavy (non-hydrogen) atoms. The molecule has 0 nitrogen and oxygen atoms in total. The second kappa shape index (κ2) is 4.06. The summed E-state index contributed by atoms with van der Waals surface area (Å²) >= 11 is 2.05. The van der Waals surface area contributed by atoms with E-state index in [1.807, 2.05) is 22.6 Å². The van der Waals surface area contributed by atoms with Gasteiger partial charge >= 0.3 is 0 Å². The zero-order valence-electron chi connectivity index (χ0n) is 4.70. The van der Waals surface area contributed by atoms with Crippen molar-refractivity contribution in [3.8, 4) is 0 Å². The van der Waals surface area contributed by atoms with E-state index in [4.69, 9.17) is 0 Å². The smallest absolute Gasteiger partial charge is 0.0993 e. The van der Waals surface area contributed by atoms with Crippen LogP contribution in [0.3, 0.4) is 0 Å². The van der Waals surface area contributed by atoms with Gasteiger partial charge in [-0.2, -0.15) is 0 Å². The minimum atomic E-state index is -0.280. The normalized spacial score (nSPS) is 14.4. The predicted molar refractivity (Wildman–Crippen MR) is 42.6 cm³/mol. The molecule has 0 fully saturated rings. The summed E-state index contributed by atoms with van der Waals surface area (Å²) in [6.07, 6.45) is 1.75. The highest BCUT2D eigenvalue weighted by atomic mass is 127. The summed E-state index contributed by atoms with van der Waals surface area (Å²) in [5.74, 6) is -0.412. The van der Waals surface area contributed by atoms with Crippen molar-refractivity contribution in [2.75, 3.05) is 0 Å². The lowest BCUT2D eigenvalue weighted by Crippen LogP contribution is -1.85. The quantitative estimate of drug-likeness (QED) is 0.634. The molecule has 46 valence electrons. The fourth-order valence-corrected chi connectivity index (χ4v) is 0.836. The first-order chi connectivity index (χ1) is 3.68. The van der Waals surface area contributed by atoms with Crippen LogP contribution >= 0.6 is 22.6 Å². The van der Waals surface area contributed by atoms with Crippen molar-refractivity contribution in [1.29, 1.82) is 0 Å². The van der Waals surface area contributed by atoms with Gasteiger partial charge in [0.05, 0.1) is 5.83 Å². The predicted octanol–water partition coefficient (Wildman–Crippen LogP) is 3.05. The van der Waals surface area contributed by atoms with Crippen LogP contribution in [0.15, 0.2) is 22.6 Å². The maximum absolute atomic E-state index is 12.0. The fraction of sp³-hybridized carbons (Fsp3) is 0.333. The monoisotopic (exact) mass is 226 g/mol. The Labute approximate surface area is 62.6 Å². The largest absolute Gasteiger partial charge is 0.212 e. The molecule has 0 radical (unpaired) electrons. The molecule has 1 atom stereocenters. The van der Waals surface area contributed by atoms with E-state index in [0.29, 0.717) is 0 Å². The van der Waals surface area contributed by atoms with Crippen LogP contribution in [0.2, 0.25) is 0 Å². The molecule has 0 aromatic rings. The maximum atomic E-state index is 12.0. The number of rotatable bonds is 2. The molecule has 0 heterocycles. The van der Waals surface area contributed by atoms with E-state index in [9.17, 15) is 4.39 Å². The summed E-state index contributed by atoms with van der Waals surface area (Å²) in [5.41, 5.74) is 0. The second-order valence-corrected chi connectivity index (χ2v) is 2.27. The van der Waals surface area contributed by atoms with Gasteiger partial charge in [-0.1, -0.05) is 42.2 Å². The first-order valence-corrected chi connectivity index (χ1v) is 3.54. The Bertz CT molecular complexity index is 107. The van der Waals surface area contributed by atoms with E-state index in [0.717, 1.165) is 0 Å². The van der Waals surface area contributed by atoms with Crippen LogP contribution in [-0.2, 0) is 0 Å². The average Bonchev–Trinajstić information content (AvgIpc) is 1.67. The van der Waals surface area contributed by atoms with Gasteiger partial charge in [0.2, 0.25) is 0 Å². The van der Waals surface area contributed by atoms with Gasteiger partial charge < -0.3 is 0 Å². The van der Waals surface area contributed by atoms with Gasteiger partial charge in [-0.3, -0.25) is 0 Å². The molecular weight excluding hydrogens is 218 g/mol. The van der Waals surface area contributed by atoms with Crippen LogP contribution < -0.4 is 0 Å². The molecule has 0 rings (SSSR count). The second-order valence-electron chi connectivity index (χ2n) is 1.55. The maximum Gasteiger partial charge on any atom is 0.0993 e. The molecule has 0 aliphatic carbocycles. The van der Waals surface area contributed by atoms with Crippen LogP contribution in [-0.4, -0.2) is 0 Å². The van der Waals surface area contributed by atoms with Gasteiger partial charge in [-0.25, -0.2) is 4.39 Å². The van der Waals surface area contributed by atoms with Crippen LogP contribution in [0.5, 0.6) is 0 Å². The molecule has 0 N–H and O–H groups in total. The lowest BCUT2D eigenvalue weighted by molar-refractivity contribution is 0.553. The van der Waals surface area contributed by atoms with Crippen LogP contribution in [0, 0.1) is 5.92 Å². The molecule has 1 unspecified atom stereocenters. The Balaban J connectivity index is 3.64. The van der Waals surface area contributed by atoms with Gasteiger partial charge in [0.25, 0.3) is 0 Å². The molecule has 0 aromatic heterocycles. The Morgan fingerprint density at radius 1 is 1.88 bits per heavy atom. The Morgan fingerprint density at radius 3 is 2.50 bits per heavy atom. The van der Waals surface area contributed by atoms with Crippen molar-refractivity contribution in [3.05, 3.63) is 22.6 Å². The third kappa shape index (κ3) is 3.18. The highest BCUT2D eigenvalue weighted by molar-refractivity contribution is 14.1. The van der Waals surface area contributed by atoms with Gasteiger partial charge in [0, 0.05) is 5.92 Å². The van der Waals surface area contributed by atoms with Crippen LogP contribution in [0.1, 0.15) is 6.92 Å². The number of allylic oxidation sites excluding steroid dienone is 2. The molecule has 0 saturated carbocycles. The summed E-state index contributed by atoms with van der Waals surface area (Å²) in [6, 6.07) is 0. The Kier molecular flexibility index (Phi) is 4.13. The van der Waals surface area contributed by atoms with Crippen LogP contribution in [0.25, 0.3) is 0 Å². The van der Waals surface area contributed by atoms with Gasteiger partial charge in [0.1, 0.15) is 0 Å². The van der Waals surface area contributed by atoms with Crippen molar-refractivity contribution in [3.63, 3.8) is 0 Å². The summed E-state index contributed by atoms with van der Waals surface area (Å²) in [5, 5.41) is 0. The SMILES string of the molecule is C=C(F)C(C)/C=C\I. The molecule has 2 heteroatoms. The van der Waals surface area contributed by atoms with Crippen molar-refractivity contribution in [2.24, 2.45) is 5.92 Å². The summed E-state index contributed by atoms with van der Waals surface area (Å²) in [4.78, 5) is 0. The zero-order valence-corrected chi connectivity index (χ0v) is 6.85. The van der Waals surface area contributed by atoms with Gasteiger partial charge in [-0.15, -0.1) is 0 Å². The molecule has 0 amide bonds. The summed E-state index contributed by atoms with van der Waals surface area (Å²) in [6.45, 7) is 4.91. The number of halogens is 2. The minimum absolute atomic E-state index is 0.133. The third-order valence-corrected chi connectivity index (χ3v) is 1.27. The molecule has 0 aliphatic rings. The molecule has 0 spiro atoms. The van der Waals surface area contributed by atoms with Crippen molar-refractivity contribution in [1.82, 2.24) is 0 Å². The minimum Gasteiger partial charge on any atom is -0.212 e. The third-order valence-electron chi connectivity index (χ3n) is 0.855. The van der Waals surface area contributed by atoms with Crippen molar-refractivity contribution >= 4 is 22.6 Å². The lowest BCUT2D eigenvalue weighted by atomic mass is 10.2. The van der Waals surface area contributed by atoms with Crippen molar-refractivity contribution < 1.29 is 4.39 Å². The van der Waals surface area contributed by atoms with Gasteiger partial charge in [-0.05, 0) is 4.08 Å². The Hall–Kier alpha value is 0.140. The highest BCUT2D eigenvalue weighted by Gasteiger charge is 1.97. The lowest BCUT2D eigenvalue weighted by Gasteiger charge is -1.96. The van der Waals surface area contributed by atoms with E-state index in [1.54, 1.807) is 17.1 Å². The molecule has 0 aromatic carbocycles. The Morgan fingerprint density at radius 2 is 2.38 bits per heavy atom. The fourth-order valence-electron chi connectivity index (χ4n) is 0.214. The molecule has 0 aliphatic heterocycles. The average molecular weight is 226 g/mol. The van der Waals surface area contributed by atoms with E-state index < -0.39 is 0 Å². The standard InChI is InChI=1S/C6H8FI/c1-5(3-4-8)6(2)7/h3-5H,2H2,1H3/b4-3-. The summed E-state index contributed by atoms with van der Waals surface area (Å²) in [7, 11) is 0. The first-order valence-electron chi connectivity index (χ1n) is 2.29. The molecular formula is C6H8FI. The van der Waals surface area contributed by atoms with E-state index in [-0.39, 0.29) is 11.7 Å². The highest BCUT2D eigenvalue weighted by Crippen LogP contribution is 2.10. The summed E-state index contributed by atoms with van der Waals surface area (Å²) < 4.78 is 13.8. The molecule has 0 saturated heterocycles. The van der Waals surface area contributed by atoms with E-state index in [1.165, 1.54) is 0 Å². The van der Waals surface area contributed by atoms with E-state index >= 15 is 0 Å². The van der Waals surface area contributed by atoms with Gasteiger partial charge in [0.15, 0.2) is 0 Å². The topological polar surface area (TPSA) is 0 Å². The zero-order chi connectivity index (χ0) is 6.57. The van der Waals surface area contributed by atoms with Crippen LogP contribution in [0.4, 0.5) is 4.39 Å². The number of hydrogen-bond donors (Lipinski definition) is 0. The first kappa shape index (κ1) is 8.14. The van der Waals surface area contributed by atoms with Crippen molar-refractivity contribution in [2.45, 2.75) is 6.92 Å².